The summed E-state index contributed by atoms with van der Waals surface area (Å²) in [5.41, 5.74) is 1.71. The number of hydrogen-bond donors (Lipinski definition) is 1. The Bertz CT molecular complexity index is 851. The maximum Gasteiger partial charge on any atom is 0.178 e. The van der Waals surface area contributed by atoms with Crippen LogP contribution in [-0.4, -0.2) is 42.0 Å². The standard InChI is InChI=1S/C25H29NO3/c27-23(13-11-21-7-4-9-24(28)19-21)14-12-22-8-5-10-25(20-22)29-18-6-17-26-15-2-1-3-16-26/h4-5,7-14,19-20,28H,1-3,6,15-18H2. The number of phenols is 1. The van der Waals surface area contributed by atoms with Crippen LogP contribution in [0.25, 0.3) is 12.2 Å². The van der Waals surface area contributed by atoms with Crippen LogP contribution >= 0.6 is 0 Å². The Morgan fingerprint density at radius 1 is 0.966 bits per heavy atom. The molecule has 2 aromatic rings. The maximum atomic E-state index is 12.0. The first kappa shape index (κ1) is 20.9. The molecule has 152 valence electrons. The lowest BCUT2D eigenvalue weighted by Gasteiger charge is -2.26. The number of hydrogen-bond acceptors (Lipinski definition) is 4. The van der Waals surface area contributed by atoms with Crippen molar-refractivity contribution in [3.8, 4) is 11.5 Å². The van der Waals surface area contributed by atoms with Crippen LogP contribution in [0.15, 0.2) is 60.7 Å². The SMILES string of the molecule is O=C(C=Cc1cccc(O)c1)C=Cc1cccc(OCCCN2CCCCC2)c1. The average Bonchev–Trinajstić information content (AvgIpc) is 2.75. The predicted octanol–water partition coefficient (Wildman–Crippen LogP) is 4.94. The third-order valence-corrected chi connectivity index (χ3v) is 4.94. The van der Waals surface area contributed by atoms with Crippen molar-refractivity contribution >= 4 is 17.9 Å². The summed E-state index contributed by atoms with van der Waals surface area (Å²) in [7, 11) is 0. The smallest absolute Gasteiger partial charge is 0.178 e. The lowest BCUT2D eigenvalue weighted by molar-refractivity contribution is -0.110. The molecular formula is C25H29NO3. The van der Waals surface area contributed by atoms with Gasteiger partial charge in [-0.2, -0.15) is 0 Å². The normalized spacial score (nSPS) is 15.2. The molecule has 1 N–H and O–H groups in total. The Hall–Kier alpha value is -2.85. The molecule has 0 bridgehead atoms. The fourth-order valence-electron chi connectivity index (χ4n) is 3.41. The molecule has 4 heteroatoms. The Kier molecular flexibility index (Phi) is 8.08. The molecule has 3 rings (SSSR count). The van der Waals surface area contributed by atoms with Gasteiger partial charge in [-0.3, -0.25) is 4.79 Å². The van der Waals surface area contributed by atoms with Gasteiger partial charge in [0.2, 0.25) is 0 Å². The molecular weight excluding hydrogens is 362 g/mol. The molecule has 1 heterocycles. The van der Waals surface area contributed by atoms with Crippen LogP contribution in [0.3, 0.4) is 0 Å². The van der Waals surface area contributed by atoms with E-state index in [2.05, 4.69) is 4.90 Å². The van der Waals surface area contributed by atoms with Gasteiger partial charge < -0.3 is 14.7 Å². The molecule has 0 spiro atoms. The number of ether oxygens (including phenoxy) is 1. The molecule has 0 atom stereocenters. The summed E-state index contributed by atoms with van der Waals surface area (Å²) >= 11 is 0. The number of carbonyl (C=O) groups excluding carboxylic acids is 1. The monoisotopic (exact) mass is 391 g/mol. The van der Waals surface area contributed by atoms with Crippen molar-refractivity contribution in [2.45, 2.75) is 25.7 Å². The summed E-state index contributed by atoms with van der Waals surface area (Å²) < 4.78 is 5.88. The van der Waals surface area contributed by atoms with Crippen molar-refractivity contribution < 1.29 is 14.6 Å². The van der Waals surface area contributed by atoms with Crippen LogP contribution in [0, 0.1) is 0 Å². The second kappa shape index (κ2) is 11.2. The molecule has 1 aliphatic rings. The van der Waals surface area contributed by atoms with E-state index in [-0.39, 0.29) is 11.5 Å². The molecule has 29 heavy (non-hydrogen) atoms. The zero-order chi connectivity index (χ0) is 20.3. The largest absolute Gasteiger partial charge is 0.508 e. The number of aromatic hydroxyl groups is 1. The number of phenolic OH excluding ortho intramolecular Hbond substituents is 1. The Morgan fingerprint density at radius 2 is 1.66 bits per heavy atom. The Balaban J connectivity index is 1.45. The molecule has 2 aromatic carbocycles. The van der Waals surface area contributed by atoms with Crippen LogP contribution < -0.4 is 4.74 Å². The summed E-state index contributed by atoms with van der Waals surface area (Å²) in [6, 6.07) is 14.6. The molecule has 1 saturated heterocycles. The van der Waals surface area contributed by atoms with Crippen molar-refractivity contribution in [2.75, 3.05) is 26.2 Å². The van der Waals surface area contributed by atoms with Crippen LogP contribution in [0.4, 0.5) is 0 Å². The maximum absolute atomic E-state index is 12.0. The highest BCUT2D eigenvalue weighted by molar-refractivity contribution is 6.04. The van der Waals surface area contributed by atoms with E-state index in [1.54, 1.807) is 30.4 Å². The molecule has 0 amide bonds. The zero-order valence-electron chi connectivity index (χ0n) is 16.8. The van der Waals surface area contributed by atoms with E-state index in [1.807, 2.05) is 30.3 Å². The third-order valence-electron chi connectivity index (χ3n) is 4.94. The van der Waals surface area contributed by atoms with E-state index in [1.165, 1.54) is 44.5 Å². The van der Waals surface area contributed by atoms with Gasteiger partial charge in [0.1, 0.15) is 11.5 Å². The number of piperidine rings is 1. The number of rotatable bonds is 9. The molecule has 1 fully saturated rings. The zero-order valence-corrected chi connectivity index (χ0v) is 16.8. The van der Waals surface area contributed by atoms with Crippen molar-refractivity contribution in [2.24, 2.45) is 0 Å². The molecule has 0 saturated carbocycles. The van der Waals surface area contributed by atoms with Gasteiger partial charge in [0.15, 0.2) is 5.78 Å². The highest BCUT2D eigenvalue weighted by Gasteiger charge is 2.09. The number of carbonyl (C=O) groups is 1. The summed E-state index contributed by atoms with van der Waals surface area (Å²) in [6.07, 6.45) is 11.5. The van der Waals surface area contributed by atoms with Crippen molar-refractivity contribution in [3.05, 3.63) is 71.8 Å². The van der Waals surface area contributed by atoms with Crippen LogP contribution in [0.1, 0.15) is 36.8 Å². The van der Waals surface area contributed by atoms with Gasteiger partial charge in [-0.05, 0) is 79.9 Å². The summed E-state index contributed by atoms with van der Waals surface area (Å²) in [5, 5.41) is 9.45. The molecule has 0 unspecified atom stereocenters. The Labute approximate surface area is 173 Å². The lowest BCUT2D eigenvalue weighted by atomic mass is 10.1. The van der Waals surface area contributed by atoms with Crippen LogP contribution in [-0.2, 0) is 4.79 Å². The van der Waals surface area contributed by atoms with Crippen molar-refractivity contribution in [1.82, 2.24) is 4.90 Å². The Morgan fingerprint density at radius 3 is 2.38 bits per heavy atom. The van der Waals surface area contributed by atoms with E-state index in [4.69, 9.17) is 4.74 Å². The summed E-state index contributed by atoms with van der Waals surface area (Å²) in [6.45, 7) is 4.23. The van der Waals surface area contributed by atoms with Gasteiger partial charge in [-0.25, -0.2) is 0 Å². The van der Waals surface area contributed by atoms with Gasteiger partial charge in [0, 0.05) is 6.54 Å². The minimum atomic E-state index is -0.110. The highest BCUT2D eigenvalue weighted by Crippen LogP contribution is 2.16. The number of allylic oxidation sites excluding steroid dienone is 2. The average molecular weight is 392 g/mol. The third kappa shape index (κ3) is 7.59. The minimum absolute atomic E-state index is 0.110. The number of likely N-dealkylation sites (tertiary alicyclic amines) is 1. The van der Waals surface area contributed by atoms with Gasteiger partial charge in [0.25, 0.3) is 0 Å². The molecule has 4 nitrogen and oxygen atoms in total. The number of nitrogens with zero attached hydrogens (tertiary/aromatic N) is 1. The first-order valence-corrected chi connectivity index (χ1v) is 10.3. The topological polar surface area (TPSA) is 49.8 Å². The summed E-state index contributed by atoms with van der Waals surface area (Å²) in [5.74, 6) is 0.901. The fourth-order valence-corrected chi connectivity index (χ4v) is 3.41. The second-order valence-electron chi connectivity index (χ2n) is 7.34. The van der Waals surface area contributed by atoms with Gasteiger partial charge in [-0.1, -0.05) is 42.8 Å². The lowest BCUT2D eigenvalue weighted by Crippen LogP contribution is -2.31. The van der Waals surface area contributed by atoms with E-state index in [0.29, 0.717) is 6.61 Å². The van der Waals surface area contributed by atoms with E-state index in [9.17, 15) is 9.90 Å². The first-order valence-electron chi connectivity index (χ1n) is 10.3. The molecule has 0 aliphatic carbocycles. The van der Waals surface area contributed by atoms with Crippen molar-refractivity contribution in [1.29, 1.82) is 0 Å². The van der Waals surface area contributed by atoms with Crippen LogP contribution in [0.5, 0.6) is 11.5 Å². The van der Waals surface area contributed by atoms with Gasteiger partial charge >= 0.3 is 0 Å². The van der Waals surface area contributed by atoms with E-state index < -0.39 is 0 Å². The fraction of sp³-hybridized carbons (Fsp3) is 0.320. The van der Waals surface area contributed by atoms with E-state index in [0.717, 1.165) is 29.8 Å². The molecule has 1 aliphatic heterocycles. The number of benzene rings is 2. The highest BCUT2D eigenvalue weighted by atomic mass is 16.5. The second-order valence-corrected chi connectivity index (χ2v) is 7.34. The molecule has 0 aromatic heterocycles. The van der Waals surface area contributed by atoms with Gasteiger partial charge in [-0.15, -0.1) is 0 Å². The minimum Gasteiger partial charge on any atom is -0.508 e. The predicted molar refractivity (Wildman–Crippen MR) is 118 cm³/mol. The van der Waals surface area contributed by atoms with Crippen molar-refractivity contribution in [3.63, 3.8) is 0 Å². The first-order chi connectivity index (χ1) is 14.2. The number of ketones is 1. The van der Waals surface area contributed by atoms with Crippen LogP contribution in [0.2, 0.25) is 0 Å². The van der Waals surface area contributed by atoms with Gasteiger partial charge in [0.05, 0.1) is 6.61 Å². The molecule has 0 radical (unpaired) electrons. The van der Waals surface area contributed by atoms with E-state index >= 15 is 0 Å². The quantitative estimate of drug-likeness (QED) is 0.486. The summed E-state index contributed by atoms with van der Waals surface area (Å²) in [4.78, 5) is 14.6.